The summed E-state index contributed by atoms with van der Waals surface area (Å²) in [5.74, 6) is 0.617. The zero-order chi connectivity index (χ0) is 11.9. The molecule has 0 heterocycles. The number of rotatable bonds is 6. The standard InChI is InChI=1S/C10H22N2O2S/c1-5-12(6-2)9(13)11-7-10(3,14)8-15-4/h14H,5-8H2,1-4H3,(H,11,13). The van der Waals surface area contributed by atoms with Gasteiger partial charge in [-0.05, 0) is 27.0 Å². The van der Waals surface area contributed by atoms with Gasteiger partial charge in [-0.1, -0.05) is 0 Å². The van der Waals surface area contributed by atoms with Crippen molar-refractivity contribution < 1.29 is 9.90 Å². The highest BCUT2D eigenvalue weighted by atomic mass is 32.2. The van der Waals surface area contributed by atoms with Crippen molar-refractivity contribution in [2.24, 2.45) is 0 Å². The van der Waals surface area contributed by atoms with Crippen LogP contribution in [0.25, 0.3) is 0 Å². The maximum atomic E-state index is 11.6. The van der Waals surface area contributed by atoms with E-state index < -0.39 is 5.60 Å². The zero-order valence-corrected chi connectivity index (χ0v) is 10.9. The van der Waals surface area contributed by atoms with E-state index in [1.54, 1.807) is 23.6 Å². The molecule has 0 spiro atoms. The topological polar surface area (TPSA) is 52.6 Å². The van der Waals surface area contributed by atoms with Crippen molar-refractivity contribution >= 4 is 17.8 Å². The van der Waals surface area contributed by atoms with Crippen molar-refractivity contribution in [3.63, 3.8) is 0 Å². The molecule has 0 aromatic carbocycles. The number of nitrogens with zero attached hydrogens (tertiary/aromatic N) is 1. The Bertz CT molecular complexity index is 194. The Morgan fingerprint density at radius 1 is 1.47 bits per heavy atom. The van der Waals surface area contributed by atoms with Gasteiger partial charge in [0.25, 0.3) is 0 Å². The Balaban J connectivity index is 3.98. The highest BCUT2D eigenvalue weighted by molar-refractivity contribution is 7.98. The van der Waals surface area contributed by atoms with Crippen LogP contribution in [0.15, 0.2) is 0 Å². The fourth-order valence-electron chi connectivity index (χ4n) is 1.25. The average molecular weight is 234 g/mol. The Morgan fingerprint density at radius 3 is 2.40 bits per heavy atom. The van der Waals surface area contributed by atoms with Gasteiger partial charge in [0.2, 0.25) is 0 Å². The first-order valence-electron chi connectivity index (χ1n) is 5.21. The molecule has 0 fully saturated rings. The number of carbonyl (C=O) groups excluding carboxylic acids is 1. The molecular weight excluding hydrogens is 212 g/mol. The van der Waals surface area contributed by atoms with Crippen molar-refractivity contribution in [2.75, 3.05) is 31.6 Å². The Morgan fingerprint density at radius 2 is 2.00 bits per heavy atom. The SMILES string of the molecule is CCN(CC)C(=O)NCC(C)(O)CSC. The van der Waals surface area contributed by atoms with Crippen LogP contribution in [0.5, 0.6) is 0 Å². The van der Waals surface area contributed by atoms with Gasteiger partial charge in [-0.2, -0.15) is 11.8 Å². The van der Waals surface area contributed by atoms with Crippen LogP contribution in [0.2, 0.25) is 0 Å². The molecule has 0 aromatic heterocycles. The lowest BCUT2D eigenvalue weighted by Gasteiger charge is -2.25. The molecular formula is C10H22N2O2S. The first-order chi connectivity index (χ1) is 6.96. The van der Waals surface area contributed by atoms with Gasteiger partial charge in [0.1, 0.15) is 0 Å². The monoisotopic (exact) mass is 234 g/mol. The van der Waals surface area contributed by atoms with Crippen LogP contribution >= 0.6 is 11.8 Å². The van der Waals surface area contributed by atoms with Gasteiger partial charge >= 0.3 is 6.03 Å². The Kier molecular flexibility index (Phi) is 6.76. The van der Waals surface area contributed by atoms with Crippen LogP contribution in [0, 0.1) is 0 Å². The molecule has 0 aliphatic rings. The summed E-state index contributed by atoms with van der Waals surface area (Å²) in [5, 5.41) is 12.6. The lowest BCUT2D eigenvalue weighted by atomic mass is 10.1. The highest BCUT2D eigenvalue weighted by Gasteiger charge is 2.21. The molecule has 5 heteroatoms. The van der Waals surface area contributed by atoms with Crippen LogP contribution in [0.1, 0.15) is 20.8 Å². The van der Waals surface area contributed by atoms with Crippen LogP contribution in [-0.2, 0) is 0 Å². The van der Waals surface area contributed by atoms with E-state index in [-0.39, 0.29) is 6.03 Å². The lowest BCUT2D eigenvalue weighted by molar-refractivity contribution is 0.0847. The van der Waals surface area contributed by atoms with E-state index >= 15 is 0 Å². The lowest BCUT2D eigenvalue weighted by Crippen LogP contribution is -2.47. The number of thioether (sulfide) groups is 1. The largest absolute Gasteiger partial charge is 0.387 e. The fourth-order valence-corrected chi connectivity index (χ4v) is 1.97. The summed E-state index contributed by atoms with van der Waals surface area (Å²) < 4.78 is 0. The normalized spacial score (nSPS) is 14.5. The third kappa shape index (κ3) is 5.89. The van der Waals surface area contributed by atoms with Crippen LogP contribution in [0.3, 0.4) is 0 Å². The smallest absolute Gasteiger partial charge is 0.317 e. The molecule has 4 nitrogen and oxygen atoms in total. The van der Waals surface area contributed by atoms with Gasteiger partial charge in [-0.3, -0.25) is 0 Å². The number of urea groups is 1. The van der Waals surface area contributed by atoms with E-state index in [9.17, 15) is 9.90 Å². The van der Waals surface area contributed by atoms with Crippen LogP contribution in [-0.4, -0.2) is 53.3 Å². The molecule has 0 aromatic rings. The summed E-state index contributed by atoms with van der Waals surface area (Å²) in [4.78, 5) is 13.2. The van der Waals surface area contributed by atoms with Gasteiger partial charge in [0.05, 0.1) is 5.60 Å². The third-order valence-electron chi connectivity index (χ3n) is 2.13. The van der Waals surface area contributed by atoms with Gasteiger partial charge in [0, 0.05) is 25.4 Å². The quantitative estimate of drug-likeness (QED) is 0.725. The molecule has 0 aliphatic heterocycles. The van der Waals surface area contributed by atoms with Gasteiger partial charge < -0.3 is 15.3 Å². The molecule has 0 aliphatic carbocycles. The Labute approximate surface area is 96.4 Å². The van der Waals surface area contributed by atoms with E-state index in [1.165, 1.54) is 0 Å². The van der Waals surface area contributed by atoms with E-state index in [4.69, 9.17) is 0 Å². The van der Waals surface area contributed by atoms with E-state index in [2.05, 4.69) is 5.32 Å². The molecule has 0 saturated carbocycles. The second-order valence-corrected chi connectivity index (χ2v) is 4.63. The molecule has 1 atom stereocenters. The van der Waals surface area contributed by atoms with Crippen molar-refractivity contribution in [3.8, 4) is 0 Å². The molecule has 2 N–H and O–H groups in total. The number of hydrogen-bond acceptors (Lipinski definition) is 3. The van der Waals surface area contributed by atoms with Crippen LogP contribution in [0.4, 0.5) is 4.79 Å². The summed E-state index contributed by atoms with van der Waals surface area (Å²) in [6, 6.07) is -0.110. The van der Waals surface area contributed by atoms with Gasteiger partial charge in [-0.15, -0.1) is 0 Å². The van der Waals surface area contributed by atoms with Crippen molar-refractivity contribution in [1.29, 1.82) is 0 Å². The van der Waals surface area contributed by atoms with Gasteiger partial charge in [-0.25, -0.2) is 4.79 Å². The molecule has 0 bridgehead atoms. The molecule has 2 amide bonds. The first kappa shape index (κ1) is 14.6. The van der Waals surface area contributed by atoms with E-state index in [1.807, 2.05) is 20.1 Å². The maximum absolute atomic E-state index is 11.6. The van der Waals surface area contributed by atoms with Crippen molar-refractivity contribution in [3.05, 3.63) is 0 Å². The van der Waals surface area contributed by atoms with E-state index in [0.717, 1.165) is 0 Å². The van der Waals surface area contributed by atoms with Crippen molar-refractivity contribution in [2.45, 2.75) is 26.4 Å². The first-order valence-corrected chi connectivity index (χ1v) is 6.60. The predicted octanol–water partition coefficient (Wildman–Crippen LogP) is 1.15. The second kappa shape index (κ2) is 6.95. The maximum Gasteiger partial charge on any atom is 0.317 e. The molecule has 0 rings (SSSR count). The Hall–Kier alpha value is -0.420. The number of aliphatic hydroxyl groups is 1. The fraction of sp³-hybridized carbons (Fsp3) is 0.900. The number of carbonyl (C=O) groups is 1. The summed E-state index contributed by atoms with van der Waals surface area (Å²) in [6.45, 7) is 7.27. The molecule has 1 unspecified atom stereocenters. The summed E-state index contributed by atoms with van der Waals surface area (Å²) in [6.07, 6.45) is 1.93. The van der Waals surface area contributed by atoms with Crippen LogP contribution < -0.4 is 5.32 Å². The molecule has 0 saturated heterocycles. The minimum atomic E-state index is -0.831. The molecule has 0 radical (unpaired) electrons. The van der Waals surface area contributed by atoms with Gasteiger partial charge in [0.15, 0.2) is 0 Å². The van der Waals surface area contributed by atoms with E-state index in [0.29, 0.717) is 25.4 Å². The summed E-state index contributed by atoms with van der Waals surface area (Å²) in [7, 11) is 0. The zero-order valence-electron chi connectivity index (χ0n) is 10.0. The number of nitrogens with one attached hydrogen (secondary N) is 1. The number of hydrogen-bond donors (Lipinski definition) is 2. The summed E-state index contributed by atoms with van der Waals surface area (Å²) >= 11 is 1.57. The van der Waals surface area contributed by atoms with Crippen molar-refractivity contribution in [1.82, 2.24) is 10.2 Å². The predicted molar refractivity (Wildman–Crippen MR) is 65.3 cm³/mol. The second-order valence-electron chi connectivity index (χ2n) is 3.76. The average Bonchev–Trinajstić information content (AvgIpc) is 2.17. The molecule has 15 heavy (non-hydrogen) atoms. The number of amides is 2. The molecule has 90 valence electrons. The minimum Gasteiger partial charge on any atom is -0.387 e. The summed E-state index contributed by atoms with van der Waals surface area (Å²) in [5.41, 5.74) is -0.831. The minimum absolute atomic E-state index is 0.110. The third-order valence-corrected chi connectivity index (χ3v) is 3.04. The highest BCUT2D eigenvalue weighted by Crippen LogP contribution is 2.09.